The van der Waals surface area contributed by atoms with Crippen LogP contribution in [0.25, 0.3) is 0 Å². The fourth-order valence-corrected chi connectivity index (χ4v) is 4.15. The molecule has 9 heteroatoms. The number of hydrogen-bond acceptors (Lipinski definition) is 4. The highest BCUT2D eigenvalue weighted by Crippen LogP contribution is 2.29. The first kappa shape index (κ1) is 31.1. The Balaban J connectivity index is 1.82. The second kappa shape index (κ2) is 16.0. The zero-order valence-electron chi connectivity index (χ0n) is 22.0. The van der Waals surface area contributed by atoms with Crippen molar-refractivity contribution >= 4 is 17.6 Å². The zero-order chi connectivity index (χ0) is 28.0. The minimum atomic E-state index is -4.48. The number of aliphatic carboxylic acids is 1. The largest absolute Gasteiger partial charge is 0.474 e. The average Bonchev–Trinajstić information content (AvgIpc) is 2.88. The summed E-state index contributed by atoms with van der Waals surface area (Å²) in [5.74, 6) is -2.78. The average molecular weight is 537 g/mol. The molecule has 0 radical (unpaired) electrons. The molecular weight excluding hydrogens is 497 g/mol. The van der Waals surface area contributed by atoms with Crippen LogP contribution < -0.4 is 5.32 Å². The van der Waals surface area contributed by atoms with E-state index >= 15 is 0 Å². The number of halogens is 3. The quantitative estimate of drug-likeness (QED) is 0.166. The van der Waals surface area contributed by atoms with Crippen LogP contribution in [0.1, 0.15) is 81.4 Å². The van der Waals surface area contributed by atoms with Crippen LogP contribution in [-0.2, 0) is 28.9 Å². The van der Waals surface area contributed by atoms with Crippen molar-refractivity contribution in [2.24, 2.45) is 0 Å². The number of anilines is 1. The number of carboxylic acids is 1. The third-order valence-corrected chi connectivity index (χ3v) is 6.38. The van der Waals surface area contributed by atoms with E-state index in [0.717, 1.165) is 42.0 Å². The molecule has 0 aliphatic rings. The summed E-state index contributed by atoms with van der Waals surface area (Å²) in [4.78, 5) is 24.6. The topological polar surface area (TPSA) is 89.9 Å². The Morgan fingerprint density at radius 2 is 1.34 bits per heavy atom. The van der Waals surface area contributed by atoms with Gasteiger partial charge in [-0.15, -0.1) is 0 Å². The normalized spacial score (nSPS) is 12.2. The van der Waals surface area contributed by atoms with Crippen molar-refractivity contribution in [3.05, 3.63) is 65.2 Å². The number of unbranched alkanes of at least 4 members (excludes halogenated alkanes) is 7. The molecule has 38 heavy (non-hydrogen) atoms. The number of carboxylic acid groups (broad SMARTS) is 1. The van der Waals surface area contributed by atoms with Crippen molar-refractivity contribution in [3.63, 3.8) is 0 Å². The number of alkyl halides is 3. The number of carbonyl (C=O) groups excluding carboxylic acids is 1. The van der Waals surface area contributed by atoms with Gasteiger partial charge < -0.3 is 20.4 Å². The standard InChI is InChI=1S/C29H39F3N2O4/c1-2-3-4-5-6-7-8-9-10-26(35)19-33-25-17-13-23(14-18-25)21-34(27(36)28(37)38)20-22-11-15-24(16-12-22)29(30,31)32/h11-18,26,33,35H,2-10,19-21H2,1H3,(H,37,38). The number of rotatable bonds is 16. The summed E-state index contributed by atoms with van der Waals surface area (Å²) in [5.41, 5.74) is 1.01. The molecule has 2 aromatic carbocycles. The van der Waals surface area contributed by atoms with E-state index in [9.17, 15) is 33.0 Å². The van der Waals surface area contributed by atoms with Gasteiger partial charge in [0, 0.05) is 25.3 Å². The third kappa shape index (κ3) is 11.5. The van der Waals surface area contributed by atoms with Crippen LogP contribution in [-0.4, -0.2) is 39.6 Å². The maximum absolute atomic E-state index is 12.8. The molecule has 1 amide bonds. The fraction of sp³-hybridized carbons (Fsp3) is 0.517. The highest BCUT2D eigenvalue weighted by atomic mass is 19.4. The minimum Gasteiger partial charge on any atom is -0.474 e. The summed E-state index contributed by atoms with van der Waals surface area (Å²) in [6.07, 6.45) is 5.49. The van der Waals surface area contributed by atoms with E-state index in [2.05, 4.69) is 12.2 Å². The summed E-state index contributed by atoms with van der Waals surface area (Å²) in [7, 11) is 0. The second-order valence-electron chi connectivity index (χ2n) is 9.66. The number of hydrogen-bond donors (Lipinski definition) is 3. The predicted molar refractivity (Wildman–Crippen MR) is 141 cm³/mol. The van der Waals surface area contributed by atoms with Gasteiger partial charge in [-0.3, -0.25) is 4.79 Å². The highest BCUT2D eigenvalue weighted by Gasteiger charge is 2.30. The first-order chi connectivity index (χ1) is 18.1. The van der Waals surface area contributed by atoms with Crippen LogP contribution in [0.15, 0.2) is 48.5 Å². The number of amides is 1. The van der Waals surface area contributed by atoms with Gasteiger partial charge in [-0.2, -0.15) is 13.2 Å². The molecule has 0 heterocycles. The molecule has 6 nitrogen and oxygen atoms in total. The summed E-state index contributed by atoms with van der Waals surface area (Å²) in [6, 6.07) is 11.3. The van der Waals surface area contributed by atoms with Crippen LogP contribution >= 0.6 is 0 Å². The Labute approximate surface area is 222 Å². The lowest BCUT2D eigenvalue weighted by Crippen LogP contribution is -2.35. The van der Waals surface area contributed by atoms with E-state index in [4.69, 9.17) is 0 Å². The van der Waals surface area contributed by atoms with Crippen molar-refractivity contribution in [1.29, 1.82) is 0 Å². The fourth-order valence-electron chi connectivity index (χ4n) is 4.15. The SMILES string of the molecule is CCCCCCCCCCC(O)CNc1ccc(CN(Cc2ccc(C(F)(F)F)cc2)C(=O)C(=O)O)cc1. The van der Waals surface area contributed by atoms with Gasteiger partial charge in [0.2, 0.25) is 0 Å². The van der Waals surface area contributed by atoms with Gasteiger partial charge >= 0.3 is 18.1 Å². The Hall–Kier alpha value is -3.07. The van der Waals surface area contributed by atoms with E-state index in [0.29, 0.717) is 17.7 Å². The molecule has 2 aromatic rings. The number of carbonyl (C=O) groups is 2. The van der Waals surface area contributed by atoms with E-state index < -0.39 is 29.7 Å². The molecule has 0 spiro atoms. The van der Waals surface area contributed by atoms with Gasteiger partial charge in [0.15, 0.2) is 0 Å². The third-order valence-electron chi connectivity index (χ3n) is 6.38. The molecule has 2 rings (SSSR count). The molecule has 0 bridgehead atoms. The maximum Gasteiger partial charge on any atom is 0.416 e. The lowest BCUT2D eigenvalue weighted by Gasteiger charge is -2.21. The second-order valence-corrected chi connectivity index (χ2v) is 9.66. The van der Waals surface area contributed by atoms with E-state index in [1.54, 1.807) is 24.3 Å². The van der Waals surface area contributed by atoms with Gasteiger partial charge in [-0.1, -0.05) is 82.6 Å². The summed E-state index contributed by atoms with van der Waals surface area (Å²) < 4.78 is 38.4. The number of nitrogens with one attached hydrogen (secondary N) is 1. The predicted octanol–water partition coefficient (Wildman–Crippen LogP) is 6.62. The van der Waals surface area contributed by atoms with Crippen LogP contribution in [0, 0.1) is 0 Å². The molecule has 0 aliphatic carbocycles. The summed E-state index contributed by atoms with van der Waals surface area (Å²) >= 11 is 0. The Morgan fingerprint density at radius 3 is 1.84 bits per heavy atom. The number of nitrogens with zero attached hydrogens (tertiary/aromatic N) is 1. The monoisotopic (exact) mass is 536 g/mol. The van der Waals surface area contributed by atoms with Crippen LogP contribution in [0.4, 0.5) is 18.9 Å². The van der Waals surface area contributed by atoms with Crippen molar-refractivity contribution < 1.29 is 33.0 Å². The number of aliphatic hydroxyl groups is 1. The zero-order valence-corrected chi connectivity index (χ0v) is 22.0. The van der Waals surface area contributed by atoms with Crippen molar-refractivity contribution in [3.8, 4) is 0 Å². The van der Waals surface area contributed by atoms with E-state index in [1.165, 1.54) is 50.7 Å². The maximum atomic E-state index is 12.8. The smallest absolute Gasteiger partial charge is 0.416 e. The lowest BCUT2D eigenvalue weighted by atomic mass is 10.1. The minimum absolute atomic E-state index is 0.0203. The lowest BCUT2D eigenvalue weighted by molar-refractivity contribution is -0.156. The molecule has 0 saturated heterocycles. The van der Waals surface area contributed by atoms with Gasteiger partial charge in [0.25, 0.3) is 0 Å². The van der Waals surface area contributed by atoms with Crippen LogP contribution in [0.3, 0.4) is 0 Å². The van der Waals surface area contributed by atoms with Gasteiger partial charge in [-0.05, 0) is 41.8 Å². The van der Waals surface area contributed by atoms with Gasteiger partial charge in [0.1, 0.15) is 0 Å². The summed E-state index contributed by atoms with van der Waals surface area (Å²) in [6.45, 7) is 2.45. The number of aliphatic hydroxyl groups excluding tert-OH is 1. The molecular formula is C29H39F3N2O4. The van der Waals surface area contributed by atoms with E-state index in [1.807, 2.05) is 0 Å². The molecule has 0 aliphatic heterocycles. The van der Waals surface area contributed by atoms with Crippen LogP contribution in [0.5, 0.6) is 0 Å². The molecule has 0 fully saturated rings. The first-order valence-corrected chi connectivity index (χ1v) is 13.3. The highest BCUT2D eigenvalue weighted by molar-refractivity contribution is 6.31. The Morgan fingerprint density at radius 1 is 0.842 bits per heavy atom. The van der Waals surface area contributed by atoms with Crippen molar-refractivity contribution in [2.45, 2.75) is 90.1 Å². The molecule has 210 valence electrons. The number of benzene rings is 2. The molecule has 1 atom stereocenters. The molecule has 0 saturated carbocycles. The first-order valence-electron chi connectivity index (χ1n) is 13.3. The van der Waals surface area contributed by atoms with Gasteiger partial charge in [0.05, 0.1) is 11.7 Å². The van der Waals surface area contributed by atoms with Crippen molar-refractivity contribution in [1.82, 2.24) is 4.90 Å². The Bertz CT molecular complexity index is 979. The van der Waals surface area contributed by atoms with Gasteiger partial charge in [-0.25, -0.2) is 4.79 Å². The molecule has 1 unspecified atom stereocenters. The summed E-state index contributed by atoms with van der Waals surface area (Å²) in [5, 5.41) is 22.6. The van der Waals surface area contributed by atoms with Crippen LogP contribution in [0.2, 0.25) is 0 Å². The molecule has 0 aromatic heterocycles. The molecule has 3 N–H and O–H groups in total. The Kier molecular flexibility index (Phi) is 13.1. The van der Waals surface area contributed by atoms with E-state index in [-0.39, 0.29) is 13.1 Å². The van der Waals surface area contributed by atoms with Crippen molar-refractivity contribution in [2.75, 3.05) is 11.9 Å².